The first kappa shape index (κ1) is 37.3. The van der Waals surface area contributed by atoms with Gasteiger partial charge in [0.25, 0.3) is 0 Å². The first-order chi connectivity index (χ1) is 24.7. The van der Waals surface area contributed by atoms with E-state index in [9.17, 15) is 0 Å². The van der Waals surface area contributed by atoms with E-state index in [0.29, 0.717) is 23.5 Å². The standard InChI is InChI=1S/C46H36O2P2.Al.ClH/c47-45-35(31-49(37-19-5-1-6-20-37)38-21-7-2-8-22-38)29-33-17-13-15-27-41(33)43(45)44-42-28-16-14-18-34(42)30-36(46(44)48)32-50(39-23-9-3-10-24-39)40-25-11-4-12-26-40;;/h1-30,47-48H,31-32H2;;1H/q;+3;/p-3. The molecule has 6 heteroatoms. The van der Waals surface area contributed by atoms with Crippen LogP contribution < -0.4 is 43.8 Å². The average molecular weight is 743 g/mol. The van der Waals surface area contributed by atoms with Crippen molar-refractivity contribution in [3.63, 3.8) is 0 Å². The first-order valence-electron chi connectivity index (χ1n) is 16.8. The van der Waals surface area contributed by atoms with Crippen molar-refractivity contribution in [2.24, 2.45) is 0 Å². The molecule has 0 aliphatic heterocycles. The van der Waals surface area contributed by atoms with Crippen LogP contribution in [0.3, 0.4) is 0 Å². The topological polar surface area (TPSA) is 46.1 Å². The van der Waals surface area contributed by atoms with E-state index >= 15 is 10.2 Å². The summed E-state index contributed by atoms with van der Waals surface area (Å²) in [6.07, 6.45) is 1.16. The molecule has 0 aliphatic carbocycles. The predicted molar refractivity (Wildman–Crippen MR) is 217 cm³/mol. The molecule has 8 rings (SSSR count). The maximum Gasteiger partial charge on any atom is 3.00 e. The minimum atomic E-state index is -0.867. The van der Waals surface area contributed by atoms with Crippen LogP contribution in [0.25, 0.3) is 32.7 Å². The maximum atomic E-state index is 15.0. The summed E-state index contributed by atoms with van der Waals surface area (Å²) in [4.78, 5) is 0. The van der Waals surface area contributed by atoms with Crippen LogP contribution in [0.1, 0.15) is 11.1 Å². The van der Waals surface area contributed by atoms with Gasteiger partial charge in [-0.05, 0) is 80.9 Å². The van der Waals surface area contributed by atoms with Gasteiger partial charge in [0.1, 0.15) is 0 Å². The fraction of sp³-hybridized carbons (Fsp3) is 0.0435. The Balaban J connectivity index is 0.00000232. The number of benzene rings is 8. The predicted octanol–water partition coefficient (Wildman–Crippen LogP) is 5.70. The Morgan fingerprint density at radius 1 is 0.365 bits per heavy atom. The minimum Gasteiger partial charge on any atom is -1.00 e. The molecule has 0 aliphatic rings. The smallest absolute Gasteiger partial charge is 1.00 e. The summed E-state index contributed by atoms with van der Waals surface area (Å²) in [5.41, 5.74) is 2.51. The molecule has 0 radical (unpaired) electrons. The number of hydrogen-bond donors (Lipinski definition) is 0. The van der Waals surface area contributed by atoms with Crippen LogP contribution in [0.2, 0.25) is 0 Å². The molecule has 0 unspecified atom stereocenters. The summed E-state index contributed by atoms with van der Waals surface area (Å²) in [7, 11) is -1.73. The van der Waals surface area contributed by atoms with Crippen LogP contribution in [0.5, 0.6) is 11.5 Å². The van der Waals surface area contributed by atoms with E-state index in [0.717, 1.165) is 32.7 Å². The molecule has 8 aromatic rings. The third-order valence-corrected chi connectivity index (χ3v) is 14.3. The summed E-state index contributed by atoms with van der Waals surface area (Å²) >= 11 is 0. The van der Waals surface area contributed by atoms with E-state index < -0.39 is 15.8 Å². The largest absolute Gasteiger partial charge is 3.00 e. The van der Waals surface area contributed by atoms with Gasteiger partial charge in [0.2, 0.25) is 0 Å². The summed E-state index contributed by atoms with van der Waals surface area (Å²) < 4.78 is 0. The fourth-order valence-corrected chi connectivity index (χ4v) is 11.5. The van der Waals surface area contributed by atoms with Gasteiger partial charge in [-0.3, -0.25) is 0 Å². The number of hydrogen-bond acceptors (Lipinski definition) is 2. The van der Waals surface area contributed by atoms with Crippen molar-refractivity contribution in [1.29, 1.82) is 0 Å². The van der Waals surface area contributed by atoms with Crippen LogP contribution in [0.15, 0.2) is 182 Å². The van der Waals surface area contributed by atoms with Crippen molar-refractivity contribution in [3.8, 4) is 22.6 Å². The molecule has 0 heterocycles. The van der Waals surface area contributed by atoms with Crippen molar-refractivity contribution < 1.29 is 22.6 Å². The number of rotatable bonds is 9. The number of halogens is 1. The fourth-order valence-electron chi connectivity index (χ4n) is 6.94. The third-order valence-electron chi connectivity index (χ3n) is 9.34. The average Bonchev–Trinajstić information content (AvgIpc) is 3.18. The Morgan fingerprint density at radius 3 is 0.942 bits per heavy atom. The van der Waals surface area contributed by atoms with Gasteiger partial charge in [-0.1, -0.05) is 193 Å². The minimum absolute atomic E-state index is 0. The van der Waals surface area contributed by atoms with Crippen LogP contribution in [0, 0.1) is 0 Å². The summed E-state index contributed by atoms with van der Waals surface area (Å²) in [6, 6.07) is 62.2. The first-order valence-corrected chi connectivity index (χ1v) is 19.9. The van der Waals surface area contributed by atoms with Crippen molar-refractivity contribution in [1.82, 2.24) is 0 Å². The second-order valence-electron chi connectivity index (χ2n) is 12.4. The normalized spacial score (nSPS) is 11.0. The molecule has 0 aromatic heterocycles. The molecule has 0 bridgehead atoms. The molecular formula is C46H34AlClO2P2. The van der Waals surface area contributed by atoms with Crippen LogP contribution in [-0.2, 0) is 12.3 Å². The maximum absolute atomic E-state index is 15.0. The van der Waals surface area contributed by atoms with Crippen molar-refractivity contribution in [2.75, 3.05) is 0 Å². The van der Waals surface area contributed by atoms with E-state index in [-0.39, 0.29) is 41.3 Å². The molecule has 0 amide bonds. The molecule has 0 spiro atoms. The van der Waals surface area contributed by atoms with E-state index in [1.165, 1.54) is 21.2 Å². The van der Waals surface area contributed by atoms with Gasteiger partial charge in [-0.15, -0.1) is 0 Å². The zero-order chi connectivity index (χ0) is 33.9. The van der Waals surface area contributed by atoms with Crippen molar-refractivity contribution in [2.45, 2.75) is 12.3 Å². The van der Waals surface area contributed by atoms with E-state index in [2.05, 4.69) is 121 Å². The molecule has 0 saturated carbocycles. The van der Waals surface area contributed by atoms with Gasteiger partial charge in [-0.25, -0.2) is 0 Å². The zero-order valence-corrected chi connectivity index (χ0v) is 32.1. The van der Waals surface area contributed by atoms with Gasteiger partial charge in [0, 0.05) is 12.3 Å². The quantitative estimate of drug-likeness (QED) is 0.141. The summed E-state index contributed by atoms with van der Waals surface area (Å²) in [6.45, 7) is 0. The molecule has 52 heavy (non-hydrogen) atoms. The molecule has 0 N–H and O–H groups in total. The van der Waals surface area contributed by atoms with Crippen molar-refractivity contribution >= 4 is 76.0 Å². The molecule has 0 saturated heterocycles. The summed E-state index contributed by atoms with van der Waals surface area (Å²) in [5, 5.41) is 38.5. The number of fused-ring (bicyclic) bond motifs is 2. The van der Waals surface area contributed by atoms with Crippen molar-refractivity contribution in [3.05, 3.63) is 193 Å². The van der Waals surface area contributed by atoms with Crippen LogP contribution in [0.4, 0.5) is 0 Å². The Bertz CT molecular complexity index is 2160. The molecule has 8 aromatic carbocycles. The molecule has 0 atom stereocenters. The molecule has 250 valence electrons. The summed E-state index contributed by atoms with van der Waals surface area (Å²) in [5.74, 6) is -0.119. The monoisotopic (exact) mass is 742 g/mol. The zero-order valence-electron chi connectivity index (χ0n) is 28.4. The van der Waals surface area contributed by atoms with E-state index in [1.54, 1.807) is 0 Å². The SMILES string of the molecule is [Al+3].[Cl-].[O-]c1c(CP(c2ccccc2)c2ccccc2)cc2ccccc2c1-c1c([O-])c(CP(c2ccccc2)c2ccccc2)cc2ccccc12. The van der Waals surface area contributed by atoms with E-state index in [1.807, 2.05) is 60.7 Å². The van der Waals surface area contributed by atoms with Crippen LogP contribution >= 0.6 is 15.8 Å². The van der Waals surface area contributed by atoms with Crippen LogP contribution in [-0.4, -0.2) is 17.4 Å². The van der Waals surface area contributed by atoms with Gasteiger partial charge in [0.15, 0.2) is 0 Å². The Kier molecular flexibility index (Phi) is 12.2. The van der Waals surface area contributed by atoms with Gasteiger partial charge >= 0.3 is 17.4 Å². The second-order valence-corrected chi connectivity index (χ2v) is 16.8. The van der Waals surface area contributed by atoms with E-state index in [4.69, 9.17) is 0 Å². The Labute approximate surface area is 324 Å². The van der Waals surface area contributed by atoms with Gasteiger partial charge < -0.3 is 22.6 Å². The Hall–Kier alpha value is -4.44. The molecule has 2 nitrogen and oxygen atoms in total. The molecular weight excluding hydrogens is 709 g/mol. The Morgan fingerprint density at radius 2 is 0.635 bits per heavy atom. The van der Waals surface area contributed by atoms with Gasteiger partial charge in [0.05, 0.1) is 0 Å². The van der Waals surface area contributed by atoms with Gasteiger partial charge in [-0.2, -0.15) is 0 Å². The molecule has 0 fully saturated rings. The third kappa shape index (κ3) is 7.54. The second kappa shape index (κ2) is 16.9.